The number of rotatable bonds is 71. The van der Waals surface area contributed by atoms with Gasteiger partial charge in [-0.15, -0.1) is 0 Å². The molecule has 6 heteroatoms. The van der Waals surface area contributed by atoms with E-state index in [2.05, 4.69) is 43.5 Å². The fourth-order valence-electron chi connectivity index (χ4n) is 11.9. The number of hydrogen-bond donors (Lipinski definition) is 3. The molecule has 0 aliphatic carbocycles. The summed E-state index contributed by atoms with van der Waals surface area (Å²) in [6.45, 7) is 4.93. The van der Waals surface area contributed by atoms with Crippen molar-refractivity contribution < 1.29 is 24.5 Å². The van der Waals surface area contributed by atoms with Gasteiger partial charge in [-0.3, -0.25) is 9.59 Å². The number of esters is 1. The predicted molar refractivity (Wildman–Crippen MR) is 366 cm³/mol. The third kappa shape index (κ3) is 69.1. The summed E-state index contributed by atoms with van der Waals surface area (Å²) in [4.78, 5) is 24.7. The van der Waals surface area contributed by atoms with Gasteiger partial charge in [-0.2, -0.15) is 0 Å². The van der Waals surface area contributed by atoms with Gasteiger partial charge < -0.3 is 20.3 Å². The maximum absolute atomic E-state index is 12.5. The lowest BCUT2D eigenvalue weighted by molar-refractivity contribution is -0.143. The SMILES string of the molecule is CCCCCC/C=C\C/C=C\CCCCCCCCCC(=O)OCCCCCCCCCCCCCCCCCCCCCCCCCCCCC(=O)NC(CO)C(O)/C=C/CCCCCCCCCCCCCCCCCCCCCC. The van der Waals surface area contributed by atoms with E-state index in [4.69, 9.17) is 4.74 Å². The largest absolute Gasteiger partial charge is 0.466 e. The first-order valence-corrected chi connectivity index (χ1v) is 37.8. The highest BCUT2D eigenvalue weighted by Crippen LogP contribution is 2.19. The minimum absolute atomic E-state index is 0.0103. The number of carbonyl (C=O) groups excluding carboxylic acids is 2. The zero-order chi connectivity index (χ0) is 59.9. The maximum atomic E-state index is 12.5. The Morgan fingerprint density at radius 2 is 0.602 bits per heavy atom. The fraction of sp³-hybridized carbons (Fsp3) is 0.896. The molecule has 83 heavy (non-hydrogen) atoms. The molecule has 0 aliphatic heterocycles. The van der Waals surface area contributed by atoms with E-state index in [-0.39, 0.29) is 18.5 Å². The third-order valence-electron chi connectivity index (χ3n) is 17.7. The molecule has 3 N–H and O–H groups in total. The van der Waals surface area contributed by atoms with Crippen LogP contribution >= 0.6 is 0 Å². The third-order valence-corrected chi connectivity index (χ3v) is 17.7. The molecular formula is C77H147NO5. The Bertz CT molecular complexity index is 1340. The molecule has 0 saturated carbocycles. The summed E-state index contributed by atoms with van der Waals surface area (Å²) in [6.07, 6.45) is 93.8. The fourth-order valence-corrected chi connectivity index (χ4v) is 11.9. The molecule has 0 radical (unpaired) electrons. The van der Waals surface area contributed by atoms with Crippen molar-refractivity contribution in [1.82, 2.24) is 5.32 Å². The standard InChI is InChI=1S/C77H147NO5/c1-3-5-7-9-11-13-15-17-19-21-23-24-31-34-37-41-45-49-53-57-61-65-69-75(80)74(73-79)78-76(81)70-66-62-58-54-50-46-42-38-35-32-29-27-25-26-28-30-33-36-40-44-48-52-56-60-64-68-72-83-77(82)71-67-63-59-55-51-47-43-39-22-20-18-16-14-12-10-8-6-4-2/h14,16,20,22,65,69,74-75,79-80H,3-13,15,17-19,21,23-64,66-68,70-73H2,1-2H3,(H,78,81)/b16-14-,22-20-,69-65+. The van der Waals surface area contributed by atoms with Crippen LogP contribution in [0.5, 0.6) is 0 Å². The van der Waals surface area contributed by atoms with Crippen LogP contribution in [0.1, 0.15) is 418 Å². The van der Waals surface area contributed by atoms with Crippen LogP contribution in [0, 0.1) is 0 Å². The lowest BCUT2D eigenvalue weighted by atomic mass is 10.0. The molecule has 0 aromatic rings. The van der Waals surface area contributed by atoms with Crippen LogP contribution in [-0.4, -0.2) is 47.4 Å². The second-order valence-corrected chi connectivity index (χ2v) is 26.0. The van der Waals surface area contributed by atoms with Crippen LogP contribution in [0.2, 0.25) is 0 Å². The topological polar surface area (TPSA) is 95.9 Å². The van der Waals surface area contributed by atoms with E-state index in [1.54, 1.807) is 6.08 Å². The van der Waals surface area contributed by atoms with Gasteiger partial charge >= 0.3 is 5.97 Å². The highest BCUT2D eigenvalue weighted by atomic mass is 16.5. The highest BCUT2D eigenvalue weighted by Gasteiger charge is 2.18. The van der Waals surface area contributed by atoms with Crippen LogP contribution in [0.3, 0.4) is 0 Å². The molecule has 2 unspecified atom stereocenters. The Hall–Kier alpha value is -1.92. The highest BCUT2D eigenvalue weighted by molar-refractivity contribution is 5.76. The summed E-state index contributed by atoms with van der Waals surface area (Å²) in [7, 11) is 0. The van der Waals surface area contributed by atoms with Gasteiger partial charge in [0.2, 0.25) is 5.91 Å². The average molecular weight is 1170 g/mol. The van der Waals surface area contributed by atoms with Crippen molar-refractivity contribution in [3.63, 3.8) is 0 Å². The molecule has 6 nitrogen and oxygen atoms in total. The van der Waals surface area contributed by atoms with Gasteiger partial charge in [0.15, 0.2) is 0 Å². The first-order valence-electron chi connectivity index (χ1n) is 37.8. The van der Waals surface area contributed by atoms with Crippen molar-refractivity contribution in [2.24, 2.45) is 0 Å². The molecule has 0 fully saturated rings. The Balaban J connectivity index is 3.38. The molecule has 2 atom stereocenters. The van der Waals surface area contributed by atoms with Gasteiger partial charge in [0.1, 0.15) is 0 Å². The molecule has 0 heterocycles. The monoisotopic (exact) mass is 1170 g/mol. The Morgan fingerprint density at radius 3 is 0.928 bits per heavy atom. The molecule has 1 amide bonds. The molecule has 0 aliphatic rings. The number of nitrogens with one attached hydrogen (secondary N) is 1. The number of allylic oxidation sites excluding steroid dienone is 5. The molecule has 490 valence electrons. The summed E-state index contributed by atoms with van der Waals surface area (Å²) in [5.41, 5.74) is 0. The number of aliphatic hydroxyl groups is 2. The number of hydrogen-bond acceptors (Lipinski definition) is 5. The van der Waals surface area contributed by atoms with Gasteiger partial charge in [0.05, 0.1) is 25.4 Å². The van der Waals surface area contributed by atoms with Crippen LogP contribution in [-0.2, 0) is 14.3 Å². The minimum Gasteiger partial charge on any atom is -0.466 e. The van der Waals surface area contributed by atoms with E-state index in [9.17, 15) is 19.8 Å². The zero-order valence-electron chi connectivity index (χ0n) is 56.2. The van der Waals surface area contributed by atoms with Crippen LogP contribution in [0.15, 0.2) is 36.5 Å². The quantitative estimate of drug-likeness (QED) is 0.0320. The van der Waals surface area contributed by atoms with E-state index < -0.39 is 12.1 Å². The van der Waals surface area contributed by atoms with Crippen molar-refractivity contribution >= 4 is 11.9 Å². The second-order valence-electron chi connectivity index (χ2n) is 26.0. The van der Waals surface area contributed by atoms with Gasteiger partial charge in [-0.05, 0) is 64.2 Å². The normalized spacial score (nSPS) is 12.7. The summed E-state index contributed by atoms with van der Waals surface area (Å²) in [5, 5.41) is 23.3. The Kier molecular flexibility index (Phi) is 70.9. The predicted octanol–water partition coefficient (Wildman–Crippen LogP) is 24.7. The number of amides is 1. The first-order chi connectivity index (χ1) is 41.0. The first kappa shape index (κ1) is 81.1. The Morgan fingerprint density at radius 1 is 0.337 bits per heavy atom. The number of ether oxygens (including phenoxy) is 1. The van der Waals surface area contributed by atoms with Crippen molar-refractivity contribution in [2.75, 3.05) is 13.2 Å². The summed E-state index contributed by atoms with van der Waals surface area (Å²) in [5.74, 6) is -0.0512. The number of unbranched alkanes of at least 4 members (excludes halogenated alkanes) is 56. The molecule has 0 spiro atoms. The Labute approximate surface area is 519 Å². The zero-order valence-corrected chi connectivity index (χ0v) is 56.2. The van der Waals surface area contributed by atoms with E-state index in [1.165, 1.54) is 340 Å². The van der Waals surface area contributed by atoms with E-state index in [1.807, 2.05) is 6.08 Å². The maximum Gasteiger partial charge on any atom is 0.305 e. The summed E-state index contributed by atoms with van der Waals surface area (Å²) >= 11 is 0. The van der Waals surface area contributed by atoms with Crippen molar-refractivity contribution in [3.05, 3.63) is 36.5 Å². The molecular weight excluding hydrogens is 1020 g/mol. The van der Waals surface area contributed by atoms with Crippen LogP contribution < -0.4 is 5.32 Å². The lowest BCUT2D eigenvalue weighted by Crippen LogP contribution is -2.45. The molecule has 0 saturated heterocycles. The van der Waals surface area contributed by atoms with Crippen LogP contribution in [0.4, 0.5) is 0 Å². The molecule has 0 rings (SSSR count). The average Bonchev–Trinajstić information content (AvgIpc) is 3.49. The van der Waals surface area contributed by atoms with Gasteiger partial charge in [0, 0.05) is 12.8 Å². The molecule has 0 aromatic heterocycles. The second kappa shape index (κ2) is 72.6. The number of carbonyl (C=O) groups is 2. The summed E-state index contributed by atoms with van der Waals surface area (Å²) < 4.78 is 5.51. The molecule has 0 aromatic carbocycles. The summed E-state index contributed by atoms with van der Waals surface area (Å²) in [6, 6.07) is -0.628. The van der Waals surface area contributed by atoms with Gasteiger partial charge in [-0.25, -0.2) is 0 Å². The van der Waals surface area contributed by atoms with Crippen molar-refractivity contribution in [1.29, 1.82) is 0 Å². The minimum atomic E-state index is -0.845. The number of aliphatic hydroxyl groups excluding tert-OH is 2. The van der Waals surface area contributed by atoms with E-state index in [0.29, 0.717) is 19.4 Å². The van der Waals surface area contributed by atoms with Crippen molar-refractivity contribution in [3.8, 4) is 0 Å². The smallest absolute Gasteiger partial charge is 0.305 e. The van der Waals surface area contributed by atoms with E-state index >= 15 is 0 Å². The van der Waals surface area contributed by atoms with E-state index in [0.717, 1.165) is 51.4 Å². The van der Waals surface area contributed by atoms with Crippen LogP contribution in [0.25, 0.3) is 0 Å². The van der Waals surface area contributed by atoms with Gasteiger partial charge in [0.25, 0.3) is 0 Å². The lowest BCUT2D eigenvalue weighted by Gasteiger charge is -2.20. The van der Waals surface area contributed by atoms with Gasteiger partial charge in [-0.1, -0.05) is 378 Å². The molecule has 0 bridgehead atoms. The van der Waals surface area contributed by atoms with Crippen molar-refractivity contribution in [2.45, 2.75) is 431 Å².